The number of aromatic nitrogens is 2. The Labute approximate surface area is 112 Å². The molecule has 0 amide bonds. The summed E-state index contributed by atoms with van der Waals surface area (Å²) in [6.45, 7) is 6.27. The number of carboxylic acid groups (broad SMARTS) is 1. The van der Waals surface area contributed by atoms with E-state index in [-0.39, 0.29) is 11.7 Å². The summed E-state index contributed by atoms with van der Waals surface area (Å²) in [4.78, 5) is 15.1. The molecule has 1 heterocycles. The van der Waals surface area contributed by atoms with Crippen molar-refractivity contribution in [2.45, 2.75) is 32.7 Å². The molecule has 1 aromatic carbocycles. The van der Waals surface area contributed by atoms with E-state index < -0.39 is 5.97 Å². The van der Waals surface area contributed by atoms with Gasteiger partial charge in [-0.25, -0.2) is 9.78 Å². The van der Waals surface area contributed by atoms with E-state index in [1.165, 1.54) is 11.8 Å². The van der Waals surface area contributed by atoms with Crippen LogP contribution in [0.5, 0.6) is 0 Å². The van der Waals surface area contributed by atoms with Gasteiger partial charge in [-0.2, -0.15) is 0 Å². The van der Waals surface area contributed by atoms with Gasteiger partial charge in [0, 0.05) is 0 Å². The maximum atomic E-state index is 11.2. The minimum atomic E-state index is -0.952. The van der Waals surface area contributed by atoms with E-state index in [2.05, 4.69) is 24.9 Å². The van der Waals surface area contributed by atoms with Crippen LogP contribution in [-0.4, -0.2) is 20.6 Å². The van der Waals surface area contributed by atoms with E-state index in [0.717, 1.165) is 5.56 Å². The summed E-state index contributed by atoms with van der Waals surface area (Å²) >= 11 is 0. The zero-order valence-corrected chi connectivity index (χ0v) is 11.4. The Hall–Kier alpha value is -2.10. The van der Waals surface area contributed by atoms with Crippen molar-refractivity contribution >= 4 is 5.97 Å². The number of hydrogen-bond donors (Lipinski definition) is 1. The lowest BCUT2D eigenvalue weighted by Gasteiger charge is -2.20. The first-order valence-corrected chi connectivity index (χ1v) is 6.36. The molecule has 1 aromatic heterocycles. The molecule has 0 saturated carbocycles. The van der Waals surface area contributed by atoms with Crippen LogP contribution in [0.1, 0.15) is 54.3 Å². The minimum Gasteiger partial charge on any atom is -0.477 e. The number of nitrogens with zero attached hydrogens (tertiary/aromatic N) is 2. The fourth-order valence-corrected chi connectivity index (χ4v) is 2.35. The van der Waals surface area contributed by atoms with E-state index in [0.29, 0.717) is 5.92 Å². The first-order chi connectivity index (χ1) is 9.02. The molecule has 1 atom stereocenters. The van der Waals surface area contributed by atoms with Gasteiger partial charge in [0.05, 0.1) is 18.6 Å². The number of rotatable bonds is 4. The lowest BCUT2D eigenvalue weighted by atomic mass is 9.93. The van der Waals surface area contributed by atoms with Crippen molar-refractivity contribution in [1.82, 2.24) is 9.55 Å². The average molecular weight is 258 g/mol. The number of hydrogen-bond acceptors (Lipinski definition) is 2. The lowest BCUT2D eigenvalue weighted by molar-refractivity contribution is 0.0684. The predicted molar refractivity (Wildman–Crippen MR) is 73.5 cm³/mol. The van der Waals surface area contributed by atoms with Crippen LogP contribution in [0.25, 0.3) is 0 Å². The first kappa shape index (κ1) is 13.3. The Morgan fingerprint density at radius 3 is 2.42 bits per heavy atom. The van der Waals surface area contributed by atoms with Crippen molar-refractivity contribution < 1.29 is 9.90 Å². The van der Waals surface area contributed by atoms with Gasteiger partial charge in [-0.05, 0) is 24.0 Å². The molecule has 19 heavy (non-hydrogen) atoms. The van der Waals surface area contributed by atoms with Crippen molar-refractivity contribution in [3.63, 3.8) is 0 Å². The number of benzene rings is 1. The average Bonchev–Trinajstić information content (AvgIpc) is 2.87. The topological polar surface area (TPSA) is 55.1 Å². The highest BCUT2D eigenvalue weighted by molar-refractivity contribution is 5.85. The maximum Gasteiger partial charge on any atom is 0.354 e. The van der Waals surface area contributed by atoms with Gasteiger partial charge in [0.25, 0.3) is 0 Å². The highest BCUT2D eigenvalue weighted by Gasteiger charge is 2.19. The monoisotopic (exact) mass is 258 g/mol. The van der Waals surface area contributed by atoms with Crippen LogP contribution in [-0.2, 0) is 0 Å². The van der Waals surface area contributed by atoms with Gasteiger partial charge in [-0.1, -0.05) is 38.1 Å². The number of carboxylic acids is 1. The SMILES string of the molecule is CC(C)c1ccccc1[C@H](C)n1cncc1C(=O)O. The normalized spacial score (nSPS) is 12.6. The van der Waals surface area contributed by atoms with Crippen LogP contribution < -0.4 is 0 Å². The van der Waals surface area contributed by atoms with Crippen LogP contribution in [0.3, 0.4) is 0 Å². The fraction of sp³-hybridized carbons (Fsp3) is 0.333. The molecule has 2 aromatic rings. The van der Waals surface area contributed by atoms with Gasteiger partial charge in [-0.15, -0.1) is 0 Å². The maximum absolute atomic E-state index is 11.2. The molecule has 100 valence electrons. The van der Waals surface area contributed by atoms with E-state index in [9.17, 15) is 4.79 Å². The summed E-state index contributed by atoms with van der Waals surface area (Å²) in [6.07, 6.45) is 2.96. The molecule has 0 radical (unpaired) electrons. The molecule has 0 saturated heterocycles. The van der Waals surface area contributed by atoms with Crippen LogP contribution in [0.2, 0.25) is 0 Å². The summed E-state index contributed by atoms with van der Waals surface area (Å²) in [5, 5.41) is 9.17. The third-order valence-corrected chi connectivity index (χ3v) is 3.37. The van der Waals surface area contributed by atoms with Crippen molar-refractivity contribution in [3.05, 3.63) is 53.6 Å². The highest BCUT2D eigenvalue weighted by Crippen LogP contribution is 2.27. The summed E-state index contributed by atoms with van der Waals surface area (Å²) in [6, 6.07) is 8.08. The zero-order chi connectivity index (χ0) is 14.0. The number of carbonyl (C=O) groups is 1. The highest BCUT2D eigenvalue weighted by atomic mass is 16.4. The quantitative estimate of drug-likeness (QED) is 0.915. The Morgan fingerprint density at radius 2 is 1.84 bits per heavy atom. The molecule has 0 aliphatic heterocycles. The van der Waals surface area contributed by atoms with Gasteiger partial charge >= 0.3 is 5.97 Å². The number of imidazole rings is 1. The van der Waals surface area contributed by atoms with Crippen LogP contribution in [0.4, 0.5) is 0 Å². The molecular weight excluding hydrogens is 240 g/mol. The molecule has 0 fully saturated rings. The van der Waals surface area contributed by atoms with E-state index in [1.54, 1.807) is 10.9 Å². The molecule has 2 rings (SSSR count). The minimum absolute atomic E-state index is 0.0489. The molecule has 4 heteroatoms. The number of aromatic carboxylic acids is 1. The van der Waals surface area contributed by atoms with Crippen molar-refractivity contribution in [3.8, 4) is 0 Å². The molecule has 0 unspecified atom stereocenters. The predicted octanol–water partition coefficient (Wildman–Crippen LogP) is 3.31. The molecule has 0 aliphatic carbocycles. The Morgan fingerprint density at radius 1 is 1.21 bits per heavy atom. The van der Waals surface area contributed by atoms with Crippen molar-refractivity contribution in [2.24, 2.45) is 0 Å². The Balaban J connectivity index is 2.47. The summed E-state index contributed by atoms with van der Waals surface area (Å²) < 4.78 is 1.70. The summed E-state index contributed by atoms with van der Waals surface area (Å²) in [5.41, 5.74) is 2.59. The summed E-state index contributed by atoms with van der Waals surface area (Å²) in [7, 11) is 0. The van der Waals surface area contributed by atoms with Crippen molar-refractivity contribution in [2.75, 3.05) is 0 Å². The second-order valence-corrected chi connectivity index (χ2v) is 4.95. The van der Waals surface area contributed by atoms with Gasteiger partial charge in [0.2, 0.25) is 0 Å². The van der Waals surface area contributed by atoms with E-state index >= 15 is 0 Å². The fourth-order valence-electron chi connectivity index (χ4n) is 2.35. The molecule has 0 spiro atoms. The van der Waals surface area contributed by atoms with Crippen LogP contribution in [0.15, 0.2) is 36.8 Å². The molecule has 4 nitrogen and oxygen atoms in total. The lowest BCUT2D eigenvalue weighted by Crippen LogP contribution is -2.14. The molecule has 0 bridgehead atoms. The van der Waals surface area contributed by atoms with Gasteiger partial charge < -0.3 is 9.67 Å². The smallest absolute Gasteiger partial charge is 0.354 e. The third-order valence-electron chi connectivity index (χ3n) is 3.37. The third kappa shape index (κ3) is 2.52. The van der Waals surface area contributed by atoms with Crippen molar-refractivity contribution in [1.29, 1.82) is 0 Å². The zero-order valence-electron chi connectivity index (χ0n) is 11.4. The van der Waals surface area contributed by atoms with Gasteiger partial charge in [0.15, 0.2) is 0 Å². The van der Waals surface area contributed by atoms with Gasteiger partial charge in [0.1, 0.15) is 5.69 Å². The van der Waals surface area contributed by atoms with Crippen LogP contribution in [0, 0.1) is 0 Å². The standard InChI is InChI=1S/C15H18N2O2/c1-10(2)12-6-4-5-7-13(12)11(3)17-9-16-8-14(17)15(18)19/h4-11H,1-3H3,(H,18,19)/t11-/m0/s1. The largest absolute Gasteiger partial charge is 0.477 e. The second-order valence-electron chi connectivity index (χ2n) is 4.95. The molecule has 0 aliphatic rings. The molecular formula is C15H18N2O2. The first-order valence-electron chi connectivity index (χ1n) is 6.36. The van der Waals surface area contributed by atoms with Crippen LogP contribution >= 0.6 is 0 Å². The van der Waals surface area contributed by atoms with Gasteiger partial charge in [-0.3, -0.25) is 0 Å². The van der Waals surface area contributed by atoms with E-state index in [1.807, 2.05) is 25.1 Å². The second kappa shape index (κ2) is 5.26. The molecule has 1 N–H and O–H groups in total. The van der Waals surface area contributed by atoms with E-state index in [4.69, 9.17) is 5.11 Å². The summed E-state index contributed by atoms with van der Waals surface area (Å²) in [5.74, 6) is -0.554. The Bertz CT molecular complexity index is 587. The Kier molecular flexibility index (Phi) is 3.69.